The van der Waals surface area contributed by atoms with Crippen LogP contribution in [0.25, 0.3) is 11.0 Å². The van der Waals surface area contributed by atoms with Crippen molar-refractivity contribution in [3.8, 4) is 0 Å². The SMILES string of the molecule is CCNC(c1cnsn1)c1cc2cc(C)ccc2o1. The number of hydrogen-bond donors (Lipinski definition) is 1. The van der Waals surface area contributed by atoms with Crippen LogP contribution in [0.4, 0.5) is 0 Å². The molecule has 1 aromatic carbocycles. The van der Waals surface area contributed by atoms with E-state index in [9.17, 15) is 0 Å². The standard InChI is InChI=1S/C14H15N3OS/c1-3-15-14(11-8-16-19-17-11)13-7-10-6-9(2)4-5-12(10)18-13/h4-8,14-15H,3H2,1-2H3. The number of nitrogens with zero attached hydrogens (tertiary/aromatic N) is 2. The molecule has 0 saturated carbocycles. The summed E-state index contributed by atoms with van der Waals surface area (Å²) in [7, 11) is 0. The second kappa shape index (κ2) is 5.11. The fraction of sp³-hybridized carbons (Fsp3) is 0.286. The molecule has 0 amide bonds. The van der Waals surface area contributed by atoms with Gasteiger partial charge in [-0.05, 0) is 31.7 Å². The molecule has 0 spiro atoms. The molecular formula is C14H15N3OS. The van der Waals surface area contributed by atoms with Crippen LogP contribution in [0.15, 0.2) is 34.9 Å². The maximum Gasteiger partial charge on any atom is 0.134 e. The second-order valence-corrected chi connectivity index (χ2v) is 5.07. The summed E-state index contributed by atoms with van der Waals surface area (Å²) >= 11 is 1.22. The Labute approximate surface area is 115 Å². The molecule has 0 fully saturated rings. The molecule has 1 N–H and O–H groups in total. The van der Waals surface area contributed by atoms with Crippen molar-refractivity contribution < 1.29 is 4.42 Å². The lowest BCUT2D eigenvalue weighted by Crippen LogP contribution is -2.21. The van der Waals surface area contributed by atoms with Crippen molar-refractivity contribution in [2.75, 3.05) is 6.54 Å². The van der Waals surface area contributed by atoms with E-state index in [1.165, 1.54) is 17.3 Å². The molecule has 1 unspecified atom stereocenters. The molecule has 0 aliphatic heterocycles. The van der Waals surface area contributed by atoms with Gasteiger partial charge in [0.25, 0.3) is 0 Å². The number of furan rings is 1. The second-order valence-electron chi connectivity index (χ2n) is 4.51. The smallest absolute Gasteiger partial charge is 0.134 e. The summed E-state index contributed by atoms with van der Waals surface area (Å²) in [5.41, 5.74) is 3.05. The zero-order chi connectivity index (χ0) is 13.2. The highest BCUT2D eigenvalue weighted by Gasteiger charge is 2.20. The van der Waals surface area contributed by atoms with Crippen LogP contribution in [0.1, 0.15) is 30.0 Å². The summed E-state index contributed by atoms with van der Waals surface area (Å²) < 4.78 is 14.3. The molecule has 98 valence electrons. The summed E-state index contributed by atoms with van der Waals surface area (Å²) in [5, 5.41) is 4.51. The average Bonchev–Trinajstić information content (AvgIpc) is 3.04. The Balaban J connectivity index is 2.05. The first-order valence-electron chi connectivity index (χ1n) is 6.29. The monoisotopic (exact) mass is 273 g/mol. The third kappa shape index (κ3) is 2.39. The van der Waals surface area contributed by atoms with Gasteiger partial charge in [-0.2, -0.15) is 8.75 Å². The van der Waals surface area contributed by atoms with Gasteiger partial charge < -0.3 is 9.73 Å². The van der Waals surface area contributed by atoms with Crippen molar-refractivity contribution >= 4 is 22.7 Å². The number of aromatic nitrogens is 2. The zero-order valence-corrected chi connectivity index (χ0v) is 11.7. The summed E-state index contributed by atoms with van der Waals surface area (Å²) in [4.78, 5) is 0. The molecule has 0 saturated heterocycles. The molecule has 1 atom stereocenters. The third-order valence-electron chi connectivity index (χ3n) is 3.06. The Bertz CT molecular complexity index is 675. The molecule has 3 rings (SSSR count). The first kappa shape index (κ1) is 12.3. The Morgan fingerprint density at radius 3 is 3.00 bits per heavy atom. The Morgan fingerprint density at radius 1 is 1.37 bits per heavy atom. The van der Waals surface area contributed by atoms with Crippen molar-refractivity contribution in [2.45, 2.75) is 19.9 Å². The molecule has 2 heterocycles. The van der Waals surface area contributed by atoms with Crippen molar-refractivity contribution in [3.63, 3.8) is 0 Å². The minimum atomic E-state index is -0.0311. The largest absolute Gasteiger partial charge is 0.459 e. The molecule has 0 aliphatic carbocycles. The van der Waals surface area contributed by atoms with Crippen LogP contribution in [-0.4, -0.2) is 15.3 Å². The van der Waals surface area contributed by atoms with Crippen LogP contribution >= 0.6 is 11.7 Å². The van der Waals surface area contributed by atoms with E-state index in [1.54, 1.807) is 6.20 Å². The maximum atomic E-state index is 5.94. The molecule has 0 radical (unpaired) electrons. The summed E-state index contributed by atoms with van der Waals surface area (Å²) in [6.45, 7) is 5.00. The first-order chi connectivity index (χ1) is 9.28. The van der Waals surface area contributed by atoms with Crippen molar-refractivity contribution in [3.05, 3.63) is 47.5 Å². The number of aryl methyl sites for hydroxylation is 1. The van der Waals surface area contributed by atoms with Crippen molar-refractivity contribution in [1.29, 1.82) is 0 Å². The van der Waals surface area contributed by atoms with E-state index in [2.05, 4.69) is 46.1 Å². The van der Waals surface area contributed by atoms with Gasteiger partial charge in [0.15, 0.2) is 0 Å². The Morgan fingerprint density at radius 2 is 2.26 bits per heavy atom. The van der Waals surface area contributed by atoms with Crippen molar-refractivity contribution in [1.82, 2.24) is 14.1 Å². The molecule has 2 aromatic heterocycles. The van der Waals surface area contributed by atoms with Gasteiger partial charge in [-0.15, -0.1) is 0 Å². The summed E-state index contributed by atoms with van der Waals surface area (Å²) in [5.74, 6) is 0.884. The van der Waals surface area contributed by atoms with Crippen LogP contribution < -0.4 is 5.32 Å². The normalized spacial score (nSPS) is 12.9. The zero-order valence-electron chi connectivity index (χ0n) is 10.9. The average molecular weight is 273 g/mol. The minimum Gasteiger partial charge on any atom is -0.459 e. The first-order valence-corrected chi connectivity index (χ1v) is 7.02. The topological polar surface area (TPSA) is 51.0 Å². The van der Waals surface area contributed by atoms with Crippen LogP contribution in [0.2, 0.25) is 0 Å². The van der Waals surface area contributed by atoms with Gasteiger partial charge in [-0.3, -0.25) is 0 Å². The predicted molar refractivity (Wildman–Crippen MR) is 76.4 cm³/mol. The van der Waals surface area contributed by atoms with E-state index in [1.807, 2.05) is 6.07 Å². The fourth-order valence-electron chi connectivity index (χ4n) is 2.18. The van der Waals surface area contributed by atoms with Gasteiger partial charge in [-0.1, -0.05) is 18.6 Å². The summed E-state index contributed by atoms with van der Waals surface area (Å²) in [6.07, 6.45) is 1.79. The van der Waals surface area contributed by atoms with E-state index in [0.717, 1.165) is 29.0 Å². The van der Waals surface area contributed by atoms with Crippen molar-refractivity contribution in [2.24, 2.45) is 0 Å². The van der Waals surface area contributed by atoms with Gasteiger partial charge in [0.05, 0.1) is 23.6 Å². The molecule has 3 aromatic rings. The molecule has 0 aliphatic rings. The highest BCUT2D eigenvalue weighted by Crippen LogP contribution is 2.28. The van der Waals surface area contributed by atoms with E-state index < -0.39 is 0 Å². The molecule has 4 nitrogen and oxygen atoms in total. The highest BCUT2D eigenvalue weighted by molar-refractivity contribution is 6.99. The lowest BCUT2D eigenvalue weighted by Gasteiger charge is -2.11. The molecule has 5 heteroatoms. The van der Waals surface area contributed by atoms with E-state index in [0.29, 0.717) is 0 Å². The van der Waals surface area contributed by atoms with Crippen LogP contribution in [0, 0.1) is 6.92 Å². The van der Waals surface area contributed by atoms with Gasteiger partial charge in [0, 0.05) is 5.39 Å². The number of fused-ring (bicyclic) bond motifs is 1. The molecule has 19 heavy (non-hydrogen) atoms. The maximum absolute atomic E-state index is 5.94. The lowest BCUT2D eigenvalue weighted by molar-refractivity contribution is 0.472. The number of nitrogens with one attached hydrogen (secondary N) is 1. The number of benzene rings is 1. The van der Waals surface area contributed by atoms with E-state index >= 15 is 0 Å². The van der Waals surface area contributed by atoms with E-state index in [4.69, 9.17) is 4.42 Å². The van der Waals surface area contributed by atoms with Crippen LogP contribution in [-0.2, 0) is 0 Å². The lowest BCUT2D eigenvalue weighted by atomic mass is 10.1. The quantitative estimate of drug-likeness (QED) is 0.792. The predicted octanol–water partition coefficient (Wildman–Crippen LogP) is 3.29. The van der Waals surface area contributed by atoms with Crippen LogP contribution in [0.3, 0.4) is 0 Å². The van der Waals surface area contributed by atoms with Gasteiger partial charge in [-0.25, -0.2) is 0 Å². The van der Waals surface area contributed by atoms with Crippen LogP contribution in [0.5, 0.6) is 0 Å². The fourth-order valence-corrected chi connectivity index (χ4v) is 2.63. The molecule has 0 bridgehead atoms. The van der Waals surface area contributed by atoms with Gasteiger partial charge >= 0.3 is 0 Å². The number of rotatable bonds is 4. The third-order valence-corrected chi connectivity index (χ3v) is 3.55. The van der Waals surface area contributed by atoms with Gasteiger partial charge in [0.2, 0.25) is 0 Å². The molecular weight excluding hydrogens is 258 g/mol. The van der Waals surface area contributed by atoms with E-state index in [-0.39, 0.29) is 6.04 Å². The minimum absolute atomic E-state index is 0.0311. The Kier molecular flexibility index (Phi) is 3.31. The Hall–Kier alpha value is -1.72. The summed E-state index contributed by atoms with van der Waals surface area (Å²) in [6, 6.07) is 8.25. The highest BCUT2D eigenvalue weighted by atomic mass is 32.1. The van der Waals surface area contributed by atoms with Gasteiger partial charge in [0.1, 0.15) is 17.4 Å². The number of hydrogen-bond acceptors (Lipinski definition) is 5.